The zero-order chi connectivity index (χ0) is 14.9. The maximum Gasteiger partial charge on any atom is 0.0412 e. The molecule has 3 heteroatoms. The molecule has 2 aliphatic heterocycles. The van der Waals surface area contributed by atoms with E-state index >= 15 is 0 Å². The molecule has 1 N–H and O–H groups in total. The second-order valence-corrected chi connectivity index (χ2v) is 7.51. The van der Waals surface area contributed by atoms with Gasteiger partial charge in [0.15, 0.2) is 0 Å². The monoisotopic (exact) mass is 287 g/mol. The lowest BCUT2D eigenvalue weighted by Crippen LogP contribution is -2.50. The number of nitrogens with one attached hydrogen (secondary N) is 1. The van der Waals surface area contributed by atoms with Crippen molar-refractivity contribution in [3.8, 4) is 0 Å². The molecule has 116 valence electrons. The second-order valence-electron chi connectivity index (χ2n) is 7.51. The predicted molar refractivity (Wildman–Crippen MR) is 89.8 cm³/mol. The van der Waals surface area contributed by atoms with E-state index < -0.39 is 0 Å². The van der Waals surface area contributed by atoms with Crippen LogP contribution in [0.15, 0.2) is 24.3 Å². The van der Waals surface area contributed by atoms with Crippen LogP contribution >= 0.6 is 0 Å². The van der Waals surface area contributed by atoms with Crippen molar-refractivity contribution in [1.29, 1.82) is 0 Å². The van der Waals surface area contributed by atoms with E-state index in [9.17, 15) is 0 Å². The van der Waals surface area contributed by atoms with Crippen molar-refractivity contribution in [2.45, 2.75) is 51.7 Å². The molecule has 1 aromatic rings. The number of para-hydroxylation sites is 1. The van der Waals surface area contributed by atoms with Crippen molar-refractivity contribution in [2.75, 3.05) is 31.1 Å². The Kier molecular flexibility index (Phi) is 4.23. The fourth-order valence-corrected chi connectivity index (χ4v) is 3.54. The Morgan fingerprint density at radius 1 is 1.14 bits per heavy atom. The van der Waals surface area contributed by atoms with Crippen LogP contribution < -0.4 is 10.2 Å². The third-order valence-electron chi connectivity index (χ3n) is 4.73. The van der Waals surface area contributed by atoms with E-state index in [2.05, 4.69) is 60.2 Å². The van der Waals surface area contributed by atoms with Gasteiger partial charge in [0, 0.05) is 43.4 Å². The quantitative estimate of drug-likeness (QED) is 0.922. The van der Waals surface area contributed by atoms with Crippen LogP contribution in [0.25, 0.3) is 0 Å². The van der Waals surface area contributed by atoms with Crippen molar-refractivity contribution < 1.29 is 0 Å². The Morgan fingerprint density at radius 2 is 1.95 bits per heavy atom. The summed E-state index contributed by atoms with van der Waals surface area (Å²) in [6.07, 6.45) is 2.75. The number of piperazine rings is 1. The van der Waals surface area contributed by atoms with Gasteiger partial charge < -0.3 is 10.2 Å². The highest BCUT2D eigenvalue weighted by atomic mass is 15.3. The number of anilines is 1. The molecule has 0 aromatic heterocycles. The van der Waals surface area contributed by atoms with Crippen LogP contribution in [0.4, 0.5) is 5.69 Å². The summed E-state index contributed by atoms with van der Waals surface area (Å²) >= 11 is 0. The first-order valence-corrected chi connectivity index (χ1v) is 8.35. The van der Waals surface area contributed by atoms with Gasteiger partial charge in [-0.15, -0.1) is 0 Å². The number of nitrogens with zero attached hydrogens (tertiary/aromatic N) is 2. The largest absolute Gasteiger partial charge is 0.368 e. The van der Waals surface area contributed by atoms with E-state index in [1.54, 1.807) is 0 Å². The minimum atomic E-state index is 0.164. The van der Waals surface area contributed by atoms with Gasteiger partial charge in [-0.05, 0) is 51.8 Å². The van der Waals surface area contributed by atoms with Crippen molar-refractivity contribution >= 4 is 5.69 Å². The molecule has 0 spiro atoms. The van der Waals surface area contributed by atoms with Gasteiger partial charge in [-0.2, -0.15) is 0 Å². The van der Waals surface area contributed by atoms with E-state index in [0.29, 0.717) is 0 Å². The van der Waals surface area contributed by atoms with Crippen molar-refractivity contribution in [1.82, 2.24) is 10.2 Å². The summed E-state index contributed by atoms with van der Waals surface area (Å²) in [7, 11) is 0. The molecule has 0 bridgehead atoms. The lowest BCUT2D eigenvalue weighted by molar-refractivity contribution is 0.230. The molecule has 2 saturated heterocycles. The summed E-state index contributed by atoms with van der Waals surface area (Å²) in [5.74, 6) is 0. The third kappa shape index (κ3) is 3.58. The SMILES string of the molecule is CC(C)(C)NCc1ccccc1N1CCN2CCCC2C1. The zero-order valence-electron chi connectivity index (χ0n) is 13.7. The van der Waals surface area contributed by atoms with E-state index in [4.69, 9.17) is 0 Å². The Morgan fingerprint density at radius 3 is 2.76 bits per heavy atom. The maximum absolute atomic E-state index is 3.63. The lowest BCUT2D eigenvalue weighted by Gasteiger charge is -2.39. The summed E-state index contributed by atoms with van der Waals surface area (Å²) in [5, 5.41) is 3.63. The predicted octanol–water partition coefficient (Wildman–Crippen LogP) is 2.86. The average molecular weight is 287 g/mol. The summed E-state index contributed by atoms with van der Waals surface area (Å²) < 4.78 is 0. The van der Waals surface area contributed by atoms with Gasteiger partial charge in [0.05, 0.1) is 0 Å². The molecular weight excluding hydrogens is 258 g/mol. The van der Waals surface area contributed by atoms with E-state index in [0.717, 1.165) is 12.6 Å². The molecule has 3 rings (SSSR count). The van der Waals surface area contributed by atoms with Crippen LogP contribution in [0.1, 0.15) is 39.2 Å². The molecule has 1 atom stereocenters. The highest BCUT2D eigenvalue weighted by Crippen LogP contribution is 2.27. The van der Waals surface area contributed by atoms with Crippen LogP contribution in [0, 0.1) is 0 Å². The molecule has 0 aliphatic carbocycles. The summed E-state index contributed by atoms with van der Waals surface area (Å²) in [6.45, 7) is 12.5. The molecule has 1 aromatic carbocycles. The van der Waals surface area contributed by atoms with Gasteiger partial charge in [-0.3, -0.25) is 4.90 Å². The Bertz CT molecular complexity index is 478. The fraction of sp³-hybridized carbons (Fsp3) is 0.667. The normalized spacial score (nSPS) is 23.4. The van der Waals surface area contributed by atoms with E-state index in [1.165, 1.54) is 50.3 Å². The van der Waals surface area contributed by atoms with Crippen LogP contribution in [0.2, 0.25) is 0 Å². The highest BCUT2D eigenvalue weighted by Gasteiger charge is 2.31. The Balaban J connectivity index is 1.72. The number of hydrogen-bond donors (Lipinski definition) is 1. The minimum absolute atomic E-state index is 0.164. The fourth-order valence-electron chi connectivity index (χ4n) is 3.54. The van der Waals surface area contributed by atoms with Crippen molar-refractivity contribution in [3.05, 3.63) is 29.8 Å². The molecule has 3 nitrogen and oxygen atoms in total. The molecule has 1 unspecified atom stereocenters. The molecule has 2 aliphatic rings. The molecule has 0 amide bonds. The van der Waals surface area contributed by atoms with E-state index in [1.807, 2.05) is 0 Å². The number of rotatable bonds is 3. The van der Waals surface area contributed by atoms with Gasteiger partial charge in [0.1, 0.15) is 0 Å². The standard InChI is InChI=1S/C18H29N3/c1-18(2,3)19-13-15-7-4-5-9-17(15)21-12-11-20-10-6-8-16(20)14-21/h4-5,7,9,16,19H,6,8,10-14H2,1-3H3. The number of benzene rings is 1. The smallest absolute Gasteiger partial charge is 0.0412 e. The average Bonchev–Trinajstić information content (AvgIpc) is 2.92. The summed E-state index contributed by atoms with van der Waals surface area (Å²) in [6, 6.07) is 9.69. The van der Waals surface area contributed by atoms with E-state index in [-0.39, 0.29) is 5.54 Å². The van der Waals surface area contributed by atoms with Crippen LogP contribution in [0.3, 0.4) is 0 Å². The Hall–Kier alpha value is -1.06. The van der Waals surface area contributed by atoms with Gasteiger partial charge >= 0.3 is 0 Å². The molecule has 2 heterocycles. The first-order chi connectivity index (χ1) is 10.0. The van der Waals surface area contributed by atoms with Crippen LogP contribution in [-0.2, 0) is 6.54 Å². The summed E-state index contributed by atoms with van der Waals surface area (Å²) in [5.41, 5.74) is 3.02. The highest BCUT2D eigenvalue weighted by molar-refractivity contribution is 5.54. The number of hydrogen-bond acceptors (Lipinski definition) is 3. The van der Waals surface area contributed by atoms with Crippen molar-refractivity contribution in [3.63, 3.8) is 0 Å². The lowest BCUT2D eigenvalue weighted by atomic mass is 10.1. The molecular formula is C18H29N3. The third-order valence-corrected chi connectivity index (χ3v) is 4.73. The topological polar surface area (TPSA) is 18.5 Å². The number of fused-ring (bicyclic) bond motifs is 1. The zero-order valence-corrected chi connectivity index (χ0v) is 13.7. The first-order valence-electron chi connectivity index (χ1n) is 8.35. The molecule has 2 fully saturated rings. The Labute approximate surface area is 129 Å². The van der Waals surface area contributed by atoms with Gasteiger partial charge in [-0.1, -0.05) is 18.2 Å². The maximum atomic E-state index is 3.63. The minimum Gasteiger partial charge on any atom is -0.368 e. The van der Waals surface area contributed by atoms with Gasteiger partial charge in [0.2, 0.25) is 0 Å². The molecule has 21 heavy (non-hydrogen) atoms. The first kappa shape index (κ1) is 14.9. The van der Waals surface area contributed by atoms with Gasteiger partial charge in [-0.25, -0.2) is 0 Å². The molecule has 0 saturated carbocycles. The van der Waals surface area contributed by atoms with Crippen molar-refractivity contribution in [2.24, 2.45) is 0 Å². The van der Waals surface area contributed by atoms with Gasteiger partial charge in [0.25, 0.3) is 0 Å². The second kappa shape index (κ2) is 5.98. The van der Waals surface area contributed by atoms with Crippen LogP contribution in [-0.4, -0.2) is 42.7 Å². The molecule has 0 radical (unpaired) electrons. The van der Waals surface area contributed by atoms with Crippen LogP contribution in [0.5, 0.6) is 0 Å². The summed E-state index contributed by atoms with van der Waals surface area (Å²) in [4.78, 5) is 5.28.